The Morgan fingerprint density at radius 3 is 2.50 bits per heavy atom. The number of aryl methyl sites for hydroxylation is 1. The van der Waals surface area contributed by atoms with E-state index in [9.17, 15) is 0 Å². The number of fused-ring (bicyclic) bond motifs is 1. The molecule has 0 unspecified atom stereocenters. The zero-order valence-corrected chi connectivity index (χ0v) is 10.5. The van der Waals surface area contributed by atoms with Crippen LogP contribution in [0.25, 0.3) is 22.3 Å². The summed E-state index contributed by atoms with van der Waals surface area (Å²) in [5, 5.41) is 4.30. The molecule has 2 heteroatoms. The van der Waals surface area contributed by atoms with E-state index in [2.05, 4.69) is 42.6 Å². The van der Waals surface area contributed by atoms with Crippen molar-refractivity contribution in [3.05, 3.63) is 54.1 Å². The van der Waals surface area contributed by atoms with E-state index >= 15 is 0 Å². The number of anilines is 1. The van der Waals surface area contributed by atoms with Gasteiger partial charge in [-0.1, -0.05) is 30.3 Å². The van der Waals surface area contributed by atoms with Crippen LogP contribution in [-0.4, -0.2) is 7.05 Å². The summed E-state index contributed by atoms with van der Waals surface area (Å²) in [4.78, 5) is 0. The fourth-order valence-electron chi connectivity index (χ4n) is 2.22. The molecule has 3 aromatic rings. The van der Waals surface area contributed by atoms with E-state index in [1.165, 1.54) is 0 Å². The lowest BCUT2D eigenvalue weighted by molar-refractivity contribution is 0.629. The molecule has 0 fully saturated rings. The quantitative estimate of drug-likeness (QED) is 0.712. The fourth-order valence-corrected chi connectivity index (χ4v) is 2.22. The molecule has 90 valence electrons. The van der Waals surface area contributed by atoms with E-state index in [-0.39, 0.29) is 0 Å². The highest BCUT2D eigenvalue weighted by molar-refractivity contribution is 5.88. The highest BCUT2D eigenvalue weighted by atomic mass is 16.3. The van der Waals surface area contributed by atoms with Crippen molar-refractivity contribution in [3.63, 3.8) is 0 Å². The Hall–Kier alpha value is -2.22. The molecule has 0 amide bonds. The summed E-state index contributed by atoms with van der Waals surface area (Å²) >= 11 is 0. The number of benzene rings is 2. The molecule has 1 aromatic heterocycles. The first kappa shape index (κ1) is 10.9. The Bertz CT molecular complexity index is 683. The summed E-state index contributed by atoms with van der Waals surface area (Å²) in [7, 11) is 1.93. The molecule has 2 nitrogen and oxygen atoms in total. The molecule has 0 aliphatic heterocycles. The van der Waals surface area contributed by atoms with Crippen LogP contribution in [0, 0.1) is 6.92 Å². The van der Waals surface area contributed by atoms with Crippen LogP contribution in [0.4, 0.5) is 5.69 Å². The topological polar surface area (TPSA) is 25.2 Å². The van der Waals surface area contributed by atoms with Crippen molar-refractivity contribution in [3.8, 4) is 11.3 Å². The molecule has 0 atom stereocenters. The smallest absolute Gasteiger partial charge is 0.137 e. The van der Waals surface area contributed by atoms with Gasteiger partial charge in [0, 0.05) is 23.7 Å². The van der Waals surface area contributed by atoms with Gasteiger partial charge >= 0.3 is 0 Å². The molecule has 0 spiro atoms. The molecule has 2 aromatic carbocycles. The third kappa shape index (κ3) is 1.76. The first-order chi connectivity index (χ1) is 8.78. The van der Waals surface area contributed by atoms with Gasteiger partial charge in [-0.3, -0.25) is 0 Å². The number of furan rings is 1. The Labute approximate surface area is 106 Å². The minimum atomic E-state index is 0.918. The minimum absolute atomic E-state index is 0.918. The zero-order chi connectivity index (χ0) is 12.5. The SMILES string of the molecule is CNc1cc(C)c2oc(-c3ccccc3)cc2c1. The molecule has 0 bridgehead atoms. The highest BCUT2D eigenvalue weighted by Crippen LogP contribution is 2.31. The largest absolute Gasteiger partial charge is 0.456 e. The van der Waals surface area contributed by atoms with Gasteiger partial charge < -0.3 is 9.73 Å². The molecular formula is C16H15NO. The van der Waals surface area contributed by atoms with E-state index in [0.29, 0.717) is 0 Å². The molecule has 3 rings (SSSR count). The van der Waals surface area contributed by atoms with Crippen molar-refractivity contribution in [2.24, 2.45) is 0 Å². The highest BCUT2D eigenvalue weighted by Gasteiger charge is 2.08. The van der Waals surface area contributed by atoms with Crippen LogP contribution in [-0.2, 0) is 0 Å². The summed E-state index contributed by atoms with van der Waals surface area (Å²) < 4.78 is 5.96. The van der Waals surface area contributed by atoms with Gasteiger partial charge in [-0.15, -0.1) is 0 Å². The summed E-state index contributed by atoms with van der Waals surface area (Å²) in [6.45, 7) is 2.07. The van der Waals surface area contributed by atoms with Crippen LogP contribution < -0.4 is 5.32 Å². The van der Waals surface area contributed by atoms with Gasteiger partial charge in [0.05, 0.1) is 0 Å². The van der Waals surface area contributed by atoms with E-state index in [1.54, 1.807) is 0 Å². The average Bonchev–Trinajstić information content (AvgIpc) is 2.84. The number of rotatable bonds is 2. The van der Waals surface area contributed by atoms with Crippen molar-refractivity contribution >= 4 is 16.7 Å². The Morgan fingerprint density at radius 1 is 1.00 bits per heavy atom. The monoisotopic (exact) mass is 237 g/mol. The molecule has 0 radical (unpaired) electrons. The van der Waals surface area contributed by atoms with Crippen LogP contribution in [0.3, 0.4) is 0 Å². The third-order valence-electron chi connectivity index (χ3n) is 3.15. The van der Waals surface area contributed by atoms with Gasteiger partial charge in [-0.05, 0) is 30.7 Å². The Kier molecular flexibility index (Phi) is 2.56. The first-order valence-electron chi connectivity index (χ1n) is 6.05. The second kappa shape index (κ2) is 4.22. The molecule has 0 saturated heterocycles. The Morgan fingerprint density at radius 2 is 1.78 bits per heavy atom. The molecule has 0 aliphatic rings. The minimum Gasteiger partial charge on any atom is -0.456 e. The zero-order valence-electron chi connectivity index (χ0n) is 10.5. The van der Waals surface area contributed by atoms with E-state index in [0.717, 1.165) is 33.5 Å². The lowest BCUT2D eigenvalue weighted by Gasteiger charge is -2.01. The lowest BCUT2D eigenvalue weighted by atomic mass is 10.1. The van der Waals surface area contributed by atoms with Gasteiger partial charge in [-0.25, -0.2) is 0 Å². The van der Waals surface area contributed by atoms with Gasteiger partial charge in [0.25, 0.3) is 0 Å². The van der Waals surface area contributed by atoms with E-state index in [1.807, 2.05) is 25.2 Å². The molecule has 0 aliphatic carbocycles. The van der Waals surface area contributed by atoms with Gasteiger partial charge in [0.15, 0.2) is 0 Å². The maximum Gasteiger partial charge on any atom is 0.137 e. The van der Waals surface area contributed by atoms with Crippen molar-refractivity contribution in [1.29, 1.82) is 0 Å². The predicted molar refractivity (Wildman–Crippen MR) is 75.9 cm³/mol. The number of hydrogen-bond donors (Lipinski definition) is 1. The van der Waals surface area contributed by atoms with Crippen LogP contribution in [0.1, 0.15) is 5.56 Å². The maximum absolute atomic E-state index is 5.96. The average molecular weight is 237 g/mol. The molecule has 1 heterocycles. The van der Waals surface area contributed by atoms with Crippen LogP contribution in [0.5, 0.6) is 0 Å². The van der Waals surface area contributed by atoms with Crippen molar-refractivity contribution in [1.82, 2.24) is 0 Å². The van der Waals surface area contributed by atoms with Crippen LogP contribution >= 0.6 is 0 Å². The van der Waals surface area contributed by atoms with Gasteiger partial charge in [0.1, 0.15) is 11.3 Å². The Balaban J connectivity index is 2.20. The van der Waals surface area contributed by atoms with Crippen molar-refractivity contribution in [2.75, 3.05) is 12.4 Å². The molecule has 1 N–H and O–H groups in total. The standard InChI is InChI=1S/C16H15NO/c1-11-8-14(17-2)9-13-10-15(18-16(11)13)12-6-4-3-5-7-12/h3-10,17H,1-2H3. The van der Waals surface area contributed by atoms with Gasteiger partial charge in [-0.2, -0.15) is 0 Å². The van der Waals surface area contributed by atoms with Crippen molar-refractivity contribution in [2.45, 2.75) is 6.92 Å². The van der Waals surface area contributed by atoms with Crippen LogP contribution in [0.2, 0.25) is 0 Å². The number of nitrogens with one attached hydrogen (secondary N) is 1. The number of hydrogen-bond acceptors (Lipinski definition) is 2. The lowest BCUT2D eigenvalue weighted by Crippen LogP contribution is -1.87. The maximum atomic E-state index is 5.96. The summed E-state index contributed by atoms with van der Waals surface area (Å²) in [5.41, 5.74) is 4.34. The summed E-state index contributed by atoms with van der Waals surface area (Å²) in [6.07, 6.45) is 0. The second-order valence-electron chi connectivity index (χ2n) is 4.44. The molecule has 18 heavy (non-hydrogen) atoms. The van der Waals surface area contributed by atoms with E-state index in [4.69, 9.17) is 4.42 Å². The molecule has 0 saturated carbocycles. The summed E-state index contributed by atoms with van der Waals surface area (Å²) in [6, 6.07) is 16.5. The molecular weight excluding hydrogens is 222 g/mol. The first-order valence-corrected chi connectivity index (χ1v) is 6.05. The fraction of sp³-hybridized carbons (Fsp3) is 0.125. The van der Waals surface area contributed by atoms with Crippen LogP contribution in [0.15, 0.2) is 52.9 Å². The normalized spacial score (nSPS) is 10.8. The van der Waals surface area contributed by atoms with E-state index < -0.39 is 0 Å². The summed E-state index contributed by atoms with van der Waals surface area (Å²) in [5.74, 6) is 0.918. The predicted octanol–water partition coefficient (Wildman–Crippen LogP) is 4.45. The second-order valence-corrected chi connectivity index (χ2v) is 4.44. The van der Waals surface area contributed by atoms with Gasteiger partial charge in [0.2, 0.25) is 0 Å². The third-order valence-corrected chi connectivity index (χ3v) is 3.15. The van der Waals surface area contributed by atoms with Crippen molar-refractivity contribution < 1.29 is 4.42 Å².